The van der Waals surface area contributed by atoms with Gasteiger partial charge >= 0.3 is 6.18 Å². The van der Waals surface area contributed by atoms with Crippen LogP contribution in [0.1, 0.15) is 32.6 Å². The molecule has 2 rings (SSSR count). The molecular weight excluding hydrogens is 277 g/mol. The fourth-order valence-electron chi connectivity index (χ4n) is 2.36. The van der Waals surface area contributed by atoms with E-state index < -0.39 is 17.5 Å². The molecule has 0 aromatic heterocycles. The van der Waals surface area contributed by atoms with Gasteiger partial charge in [-0.1, -0.05) is 36.4 Å². The second-order valence-electron chi connectivity index (χ2n) is 5.01. The number of ketones is 1. The minimum Gasteiger partial charge on any atom is -0.294 e. The molecule has 2 aromatic rings. The standard InChI is InChI=1S/C17H15F3O/c1-11-6-5-7-12(2)14(11)10-16(21)13-8-3-4-9-15(13)17(18,19)20/h3-9H,10H2,1-2H3. The molecule has 0 fully saturated rings. The predicted molar refractivity (Wildman–Crippen MR) is 75.4 cm³/mol. The number of aryl methyl sites for hydroxylation is 2. The van der Waals surface area contributed by atoms with Gasteiger partial charge in [0.25, 0.3) is 0 Å². The Bertz CT molecular complexity index is 652. The van der Waals surface area contributed by atoms with Crippen molar-refractivity contribution in [2.24, 2.45) is 0 Å². The van der Waals surface area contributed by atoms with Crippen molar-refractivity contribution in [1.82, 2.24) is 0 Å². The van der Waals surface area contributed by atoms with E-state index in [9.17, 15) is 18.0 Å². The zero-order valence-electron chi connectivity index (χ0n) is 11.8. The highest BCUT2D eigenvalue weighted by Crippen LogP contribution is 2.32. The van der Waals surface area contributed by atoms with Crippen LogP contribution in [0.5, 0.6) is 0 Å². The smallest absolute Gasteiger partial charge is 0.294 e. The van der Waals surface area contributed by atoms with Gasteiger partial charge in [0, 0.05) is 12.0 Å². The van der Waals surface area contributed by atoms with Crippen LogP contribution in [0.2, 0.25) is 0 Å². The molecule has 0 bridgehead atoms. The molecule has 21 heavy (non-hydrogen) atoms. The van der Waals surface area contributed by atoms with E-state index in [1.807, 2.05) is 32.0 Å². The van der Waals surface area contributed by atoms with E-state index in [1.165, 1.54) is 18.2 Å². The Kier molecular flexibility index (Phi) is 4.16. The Morgan fingerprint density at radius 3 is 2.10 bits per heavy atom. The van der Waals surface area contributed by atoms with E-state index in [0.29, 0.717) is 0 Å². The van der Waals surface area contributed by atoms with Crippen LogP contribution in [0.15, 0.2) is 42.5 Å². The van der Waals surface area contributed by atoms with Crippen LogP contribution in [0.25, 0.3) is 0 Å². The zero-order valence-corrected chi connectivity index (χ0v) is 11.8. The maximum atomic E-state index is 13.0. The molecule has 0 heterocycles. The fourth-order valence-corrected chi connectivity index (χ4v) is 2.36. The van der Waals surface area contributed by atoms with E-state index in [0.717, 1.165) is 22.8 Å². The summed E-state index contributed by atoms with van der Waals surface area (Å²) >= 11 is 0. The number of rotatable bonds is 3. The van der Waals surface area contributed by atoms with Crippen molar-refractivity contribution in [3.63, 3.8) is 0 Å². The van der Waals surface area contributed by atoms with Crippen LogP contribution in [0.4, 0.5) is 13.2 Å². The van der Waals surface area contributed by atoms with Crippen molar-refractivity contribution >= 4 is 5.78 Å². The number of halogens is 3. The lowest BCUT2D eigenvalue weighted by Gasteiger charge is -2.13. The molecule has 2 aromatic carbocycles. The van der Waals surface area contributed by atoms with Crippen molar-refractivity contribution in [2.75, 3.05) is 0 Å². The Labute approximate surface area is 121 Å². The van der Waals surface area contributed by atoms with Crippen molar-refractivity contribution in [3.8, 4) is 0 Å². The van der Waals surface area contributed by atoms with Crippen molar-refractivity contribution in [3.05, 3.63) is 70.3 Å². The first-order chi connectivity index (χ1) is 9.80. The number of alkyl halides is 3. The lowest BCUT2D eigenvalue weighted by atomic mass is 9.93. The molecule has 4 heteroatoms. The molecular formula is C17H15F3O. The van der Waals surface area contributed by atoms with Crippen LogP contribution in [-0.2, 0) is 12.6 Å². The summed E-state index contributed by atoms with van der Waals surface area (Å²) < 4.78 is 38.9. The van der Waals surface area contributed by atoms with Gasteiger partial charge in [-0.05, 0) is 36.6 Å². The molecule has 0 saturated carbocycles. The van der Waals surface area contributed by atoms with Crippen LogP contribution < -0.4 is 0 Å². The summed E-state index contributed by atoms with van der Waals surface area (Å²) in [4.78, 5) is 12.3. The Morgan fingerprint density at radius 2 is 1.52 bits per heavy atom. The maximum Gasteiger partial charge on any atom is 0.417 e. The number of Topliss-reactive ketones (excluding diaryl/α,β-unsaturated/α-hetero) is 1. The van der Waals surface area contributed by atoms with Gasteiger partial charge in [0.15, 0.2) is 5.78 Å². The van der Waals surface area contributed by atoms with Gasteiger partial charge in [-0.2, -0.15) is 13.2 Å². The lowest BCUT2D eigenvalue weighted by molar-refractivity contribution is -0.137. The molecule has 110 valence electrons. The Morgan fingerprint density at radius 1 is 0.952 bits per heavy atom. The van der Waals surface area contributed by atoms with E-state index in [1.54, 1.807) is 0 Å². The van der Waals surface area contributed by atoms with E-state index in [-0.39, 0.29) is 12.0 Å². The Balaban J connectivity index is 2.38. The number of hydrogen-bond donors (Lipinski definition) is 0. The van der Waals surface area contributed by atoms with Gasteiger partial charge in [-0.15, -0.1) is 0 Å². The molecule has 0 unspecified atom stereocenters. The van der Waals surface area contributed by atoms with Gasteiger partial charge in [0.1, 0.15) is 0 Å². The number of hydrogen-bond acceptors (Lipinski definition) is 1. The lowest BCUT2D eigenvalue weighted by Crippen LogP contribution is -2.15. The number of carbonyl (C=O) groups excluding carboxylic acids is 1. The predicted octanol–water partition coefficient (Wildman–Crippen LogP) is 4.75. The third-order valence-corrected chi connectivity index (χ3v) is 3.51. The average molecular weight is 292 g/mol. The first kappa shape index (κ1) is 15.3. The summed E-state index contributed by atoms with van der Waals surface area (Å²) in [5.74, 6) is -0.514. The molecule has 0 radical (unpaired) electrons. The Hall–Kier alpha value is -2.10. The van der Waals surface area contributed by atoms with Crippen molar-refractivity contribution < 1.29 is 18.0 Å². The molecule has 0 aliphatic carbocycles. The normalized spacial score (nSPS) is 11.5. The maximum absolute atomic E-state index is 13.0. The summed E-state index contributed by atoms with van der Waals surface area (Å²) in [7, 11) is 0. The minimum absolute atomic E-state index is 0.0222. The average Bonchev–Trinajstić information content (AvgIpc) is 2.42. The van der Waals surface area contributed by atoms with Crippen molar-refractivity contribution in [2.45, 2.75) is 26.4 Å². The van der Waals surface area contributed by atoms with Crippen LogP contribution in [0.3, 0.4) is 0 Å². The van der Waals surface area contributed by atoms with Crippen LogP contribution >= 0.6 is 0 Å². The van der Waals surface area contributed by atoms with Gasteiger partial charge in [0.2, 0.25) is 0 Å². The molecule has 0 N–H and O–H groups in total. The summed E-state index contributed by atoms with van der Waals surface area (Å²) in [5.41, 5.74) is 1.47. The largest absolute Gasteiger partial charge is 0.417 e. The molecule has 0 spiro atoms. The first-order valence-electron chi connectivity index (χ1n) is 6.55. The third kappa shape index (κ3) is 3.32. The SMILES string of the molecule is Cc1cccc(C)c1CC(=O)c1ccccc1C(F)(F)F. The highest BCUT2D eigenvalue weighted by atomic mass is 19.4. The zero-order chi connectivity index (χ0) is 15.6. The molecule has 0 atom stereocenters. The molecule has 0 aliphatic heterocycles. The van der Waals surface area contributed by atoms with Crippen LogP contribution in [0, 0.1) is 13.8 Å². The monoisotopic (exact) mass is 292 g/mol. The van der Waals surface area contributed by atoms with E-state index >= 15 is 0 Å². The van der Waals surface area contributed by atoms with Crippen molar-refractivity contribution in [1.29, 1.82) is 0 Å². The van der Waals surface area contributed by atoms with Crippen LogP contribution in [-0.4, -0.2) is 5.78 Å². The summed E-state index contributed by atoms with van der Waals surface area (Å²) in [6.45, 7) is 3.70. The summed E-state index contributed by atoms with van der Waals surface area (Å²) in [6, 6.07) is 10.5. The van der Waals surface area contributed by atoms with Gasteiger partial charge < -0.3 is 0 Å². The topological polar surface area (TPSA) is 17.1 Å². The molecule has 0 amide bonds. The van der Waals surface area contributed by atoms with Gasteiger partial charge in [-0.3, -0.25) is 4.79 Å². The van der Waals surface area contributed by atoms with E-state index in [4.69, 9.17) is 0 Å². The second-order valence-corrected chi connectivity index (χ2v) is 5.01. The number of benzene rings is 2. The molecule has 1 nitrogen and oxygen atoms in total. The summed E-state index contributed by atoms with van der Waals surface area (Å²) in [6.07, 6.45) is -4.54. The summed E-state index contributed by atoms with van der Waals surface area (Å²) in [5, 5.41) is 0. The number of carbonyl (C=O) groups is 1. The van der Waals surface area contributed by atoms with E-state index in [2.05, 4.69) is 0 Å². The highest BCUT2D eigenvalue weighted by Gasteiger charge is 2.34. The fraction of sp³-hybridized carbons (Fsp3) is 0.235. The molecule has 0 aliphatic rings. The first-order valence-corrected chi connectivity index (χ1v) is 6.55. The highest BCUT2D eigenvalue weighted by molar-refractivity contribution is 5.99. The minimum atomic E-state index is -4.52. The van der Waals surface area contributed by atoms with Gasteiger partial charge in [0.05, 0.1) is 5.56 Å². The third-order valence-electron chi connectivity index (χ3n) is 3.51. The quantitative estimate of drug-likeness (QED) is 0.746. The second kappa shape index (κ2) is 5.72. The molecule has 0 saturated heterocycles. The van der Waals surface area contributed by atoms with Gasteiger partial charge in [-0.25, -0.2) is 0 Å².